The predicted octanol–water partition coefficient (Wildman–Crippen LogP) is 2.76. The van der Waals surface area contributed by atoms with Crippen molar-refractivity contribution in [2.45, 2.75) is 16.7 Å². The van der Waals surface area contributed by atoms with Crippen LogP contribution in [0.3, 0.4) is 0 Å². The van der Waals surface area contributed by atoms with Crippen molar-refractivity contribution in [3.05, 3.63) is 45.9 Å². The van der Waals surface area contributed by atoms with E-state index in [4.69, 9.17) is 5.26 Å². The van der Waals surface area contributed by atoms with Crippen LogP contribution >= 0.6 is 11.8 Å². The maximum absolute atomic E-state index is 11.7. The van der Waals surface area contributed by atoms with Crippen LogP contribution in [0, 0.1) is 18.3 Å². The van der Waals surface area contributed by atoms with Crippen LogP contribution in [0.15, 0.2) is 38.9 Å². The van der Waals surface area contributed by atoms with Crippen LogP contribution in [0.5, 0.6) is 0 Å². The molecule has 0 aliphatic carbocycles. The summed E-state index contributed by atoms with van der Waals surface area (Å²) >= 11 is 1.56. The Balaban J connectivity index is 2.28. The van der Waals surface area contributed by atoms with Crippen molar-refractivity contribution in [1.82, 2.24) is 4.98 Å². The Kier molecular flexibility index (Phi) is 2.39. The van der Waals surface area contributed by atoms with Crippen LogP contribution < -0.4 is 10.9 Å². The molecule has 1 aromatic heterocycles. The van der Waals surface area contributed by atoms with Crippen LogP contribution in [0.25, 0.3) is 0 Å². The van der Waals surface area contributed by atoms with Gasteiger partial charge < -0.3 is 10.3 Å². The minimum Gasteiger partial charge on any atom is -0.352 e. The van der Waals surface area contributed by atoms with Crippen molar-refractivity contribution in [3.63, 3.8) is 0 Å². The lowest BCUT2D eigenvalue weighted by Crippen LogP contribution is -2.17. The van der Waals surface area contributed by atoms with Gasteiger partial charge in [-0.25, -0.2) is 0 Å². The number of aromatic amines is 1. The summed E-state index contributed by atoms with van der Waals surface area (Å²) < 4.78 is 0. The Morgan fingerprint density at radius 2 is 2.11 bits per heavy atom. The van der Waals surface area contributed by atoms with E-state index in [2.05, 4.69) is 10.3 Å². The minimum absolute atomic E-state index is 0.137. The molecule has 0 saturated carbocycles. The zero-order chi connectivity index (χ0) is 12.7. The number of nitrogens with zero attached hydrogens (tertiary/aromatic N) is 1. The number of hydrogen-bond donors (Lipinski definition) is 2. The molecular formula is C13H9N3OS. The Morgan fingerprint density at radius 1 is 1.33 bits per heavy atom. The third-order valence-corrected chi connectivity index (χ3v) is 4.11. The molecule has 0 atom stereocenters. The minimum atomic E-state index is -0.346. The summed E-state index contributed by atoms with van der Waals surface area (Å²) in [5.41, 5.74) is 2.11. The average molecular weight is 255 g/mol. The van der Waals surface area contributed by atoms with Crippen molar-refractivity contribution < 1.29 is 0 Å². The van der Waals surface area contributed by atoms with E-state index in [1.807, 2.05) is 37.3 Å². The van der Waals surface area contributed by atoms with Gasteiger partial charge in [-0.1, -0.05) is 23.9 Å². The van der Waals surface area contributed by atoms with Gasteiger partial charge in [0.05, 0.1) is 16.3 Å². The van der Waals surface area contributed by atoms with Crippen molar-refractivity contribution in [2.75, 3.05) is 5.32 Å². The summed E-state index contributed by atoms with van der Waals surface area (Å²) in [5.74, 6) is 0. The lowest BCUT2D eigenvalue weighted by atomic mass is 10.2. The highest BCUT2D eigenvalue weighted by Crippen LogP contribution is 2.45. The summed E-state index contributed by atoms with van der Waals surface area (Å²) in [4.78, 5) is 16.4. The van der Waals surface area contributed by atoms with Gasteiger partial charge >= 0.3 is 0 Å². The molecule has 2 heterocycles. The fourth-order valence-corrected chi connectivity index (χ4v) is 3.02. The third kappa shape index (κ3) is 1.50. The molecule has 0 spiro atoms. The number of aryl methyl sites for hydroxylation is 1. The fraction of sp³-hybridized carbons (Fsp3) is 0.0769. The normalized spacial score (nSPS) is 12.0. The number of H-pyrrole nitrogens is 1. The first kappa shape index (κ1) is 10.9. The smallest absolute Gasteiger partial charge is 0.268 e. The van der Waals surface area contributed by atoms with Gasteiger partial charge in [-0.05, 0) is 19.1 Å². The van der Waals surface area contributed by atoms with E-state index in [1.54, 1.807) is 11.8 Å². The van der Waals surface area contributed by atoms with Crippen LogP contribution in [0.2, 0.25) is 0 Å². The first-order valence-corrected chi connectivity index (χ1v) is 6.23. The number of nitriles is 1. The zero-order valence-electron chi connectivity index (χ0n) is 9.57. The van der Waals surface area contributed by atoms with Crippen LogP contribution in [0.4, 0.5) is 11.4 Å². The van der Waals surface area contributed by atoms with Gasteiger partial charge in [0.2, 0.25) is 0 Å². The molecule has 2 N–H and O–H groups in total. The van der Waals surface area contributed by atoms with Gasteiger partial charge in [0.25, 0.3) is 5.56 Å². The van der Waals surface area contributed by atoms with E-state index in [0.717, 1.165) is 21.2 Å². The number of para-hydroxylation sites is 1. The first-order valence-electron chi connectivity index (χ1n) is 5.41. The number of aromatic nitrogens is 1. The third-order valence-electron chi connectivity index (χ3n) is 2.82. The molecule has 18 heavy (non-hydrogen) atoms. The molecule has 5 heteroatoms. The number of hydrogen-bond acceptors (Lipinski definition) is 4. The first-order chi connectivity index (χ1) is 8.70. The highest BCUT2D eigenvalue weighted by Gasteiger charge is 2.22. The molecule has 88 valence electrons. The molecule has 0 unspecified atom stereocenters. The van der Waals surface area contributed by atoms with Crippen molar-refractivity contribution in [3.8, 4) is 6.07 Å². The fourth-order valence-electron chi connectivity index (χ4n) is 1.96. The largest absolute Gasteiger partial charge is 0.352 e. The summed E-state index contributed by atoms with van der Waals surface area (Å²) in [6, 6.07) is 9.78. The van der Waals surface area contributed by atoms with Gasteiger partial charge in [0.15, 0.2) is 0 Å². The highest BCUT2D eigenvalue weighted by atomic mass is 32.2. The summed E-state index contributed by atoms with van der Waals surface area (Å²) in [6.45, 7) is 1.84. The molecule has 0 fully saturated rings. The molecule has 0 bridgehead atoms. The van der Waals surface area contributed by atoms with Gasteiger partial charge in [-0.2, -0.15) is 5.26 Å². The van der Waals surface area contributed by atoms with E-state index in [9.17, 15) is 4.79 Å². The lowest BCUT2D eigenvalue weighted by Gasteiger charge is -2.22. The highest BCUT2D eigenvalue weighted by molar-refractivity contribution is 7.99. The number of rotatable bonds is 0. The topological polar surface area (TPSA) is 68.7 Å². The Labute approximate surface area is 108 Å². The van der Waals surface area contributed by atoms with Gasteiger partial charge in [0, 0.05) is 10.6 Å². The second-order valence-electron chi connectivity index (χ2n) is 3.99. The number of nitrogens with one attached hydrogen (secondary N) is 2. The molecular weight excluding hydrogens is 246 g/mol. The molecule has 3 rings (SSSR count). The monoisotopic (exact) mass is 255 g/mol. The van der Waals surface area contributed by atoms with Crippen LogP contribution in [-0.2, 0) is 0 Å². The van der Waals surface area contributed by atoms with Gasteiger partial charge in [-0.15, -0.1) is 0 Å². The average Bonchev–Trinajstić information content (AvgIpc) is 2.37. The molecule has 2 aromatic rings. The van der Waals surface area contributed by atoms with Crippen molar-refractivity contribution in [1.29, 1.82) is 5.26 Å². The van der Waals surface area contributed by atoms with E-state index < -0.39 is 0 Å². The van der Waals surface area contributed by atoms with E-state index >= 15 is 0 Å². The number of pyridine rings is 1. The molecule has 0 radical (unpaired) electrons. The van der Waals surface area contributed by atoms with Gasteiger partial charge in [0.1, 0.15) is 11.6 Å². The van der Waals surface area contributed by atoms with Crippen molar-refractivity contribution in [2.24, 2.45) is 0 Å². The maximum Gasteiger partial charge on any atom is 0.268 e. The van der Waals surface area contributed by atoms with Crippen LogP contribution in [0.1, 0.15) is 11.3 Å². The summed E-state index contributed by atoms with van der Waals surface area (Å²) in [7, 11) is 0. The standard InChI is InChI=1S/C13H9N3OS/c1-7-12-11(8(6-14)13(17)15-7)16-9-4-2-3-5-10(9)18-12/h2-5,16H,1H3,(H,15,17). The number of fused-ring (bicyclic) bond motifs is 2. The van der Waals surface area contributed by atoms with Crippen molar-refractivity contribution >= 4 is 23.1 Å². The van der Waals surface area contributed by atoms with E-state index in [1.165, 1.54) is 0 Å². The molecule has 0 saturated heterocycles. The predicted molar refractivity (Wildman–Crippen MR) is 70.4 cm³/mol. The zero-order valence-corrected chi connectivity index (χ0v) is 10.4. The second kappa shape index (κ2) is 3.93. The Bertz CT molecular complexity index is 743. The maximum atomic E-state index is 11.7. The Morgan fingerprint density at radius 3 is 2.89 bits per heavy atom. The Hall–Kier alpha value is -2.19. The lowest BCUT2D eigenvalue weighted by molar-refractivity contribution is 1.05. The molecule has 1 aromatic carbocycles. The van der Waals surface area contributed by atoms with E-state index in [-0.39, 0.29) is 11.1 Å². The number of anilines is 2. The summed E-state index contributed by atoms with van der Waals surface area (Å²) in [6.07, 6.45) is 0. The quantitative estimate of drug-likeness (QED) is 0.648. The molecule has 1 aliphatic rings. The van der Waals surface area contributed by atoms with Gasteiger partial charge in [-0.3, -0.25) is 4.79 Å². The molecule has 0 amide bonds. The SMILES string of the molecule is Cc1[nH]c(=O)c(C#N)c2c1Sc1ccccc1N2. The van der Waals surface area contributed by atoms with E-state index in [0.29, 0.717) is 5.69 Å². The molecule has 4 nitrogen and oxygen atoms in total. The van der Waals surface area contributed by atoms with Crippen LogP contribution in [-0.4, -0.2) is 4.98 Å². The molecule has 1 aliphatic heterocycles. The summed E-state index contributed by atoms with van der Waals surface area (Å²) in [5, 5.41) is 12.3. The number of benzene rings is 1. The second-order valence-corrected chi connectivity index (χ2v) is 5.05.